The van der Waals surface area contributed by atoms with Crippen LogP contribution in [0.1, 0.15) is 41.3 Å². The van der Waals surface area contributed by atoms with Crippen molar-refractivity contribution in [3.8, 4) is 5.75 Å². The van der Waals surface area contributed by atoms with Crippen LogP contribution in [-0.4, -0.2) is 48.2 Å². The Balaban J connectivity index is 1.78. The van der Waals surface area contributed by atoms with Gasteiger partial charge in [0.25, 0.3) is 5.91 Å². The van der Waals surface area contributed by atoms with Crippen LogP contribution in [0.4, 0.5) is 4.39 Å². The number of aromatic amines is 1. The Hall–Kier alpha value is -3.39. The molecule has 0 saturated heterocycles. The molecule has 2 amide bonds. The zero-order valence-electron chi connectivity index (χ0n) is 18.9. The van der Waals surface area contributed by atoms with Crippen molar-refractivity contribution in [3.05, 3.63) is 65.1 Å². The average Bonchev–Trinajstić information content (AvgIpc) is 3.22. The highest BCUT2D eigenvalue weighted by atomic mass is 19.1. The van der Waals surface area contributed by atoms with E-state index in [9.17, 15) is 19.1 Å². The van der Waals surface area contributed by atoms with Gasteiger partial charge in [-0.2, -0.15) is 0 Å². The van der Waals surface area contributed by atoms with Crippen LogP contribution in [0.15, 0.2) is 42.6 Å². The number of rotatable bonds is 11. The molecular weight excluding hydrogens is 425 g/mol. The van der Waals surface area contributed by atoms with E-state index in [2.05, 4.69) is 15.6 Å². The van der Waals surface area contributed by atoms with Gasteiger partial charge < -0.3 is 25.5 Å². The number of aromatic nitrogens is 1. The van der Waals surface area contributed by atoms with Crippen LogP contribution in [0.3, 0.4) is 0 Å². The Morgan fingerprint density at radius 3 is 2.76 bits per heavy atom. The molecule has 0 fully saturated rings. The molecular formula is C25H30FN3O4. The van der Waals surface area contributed by atoms with Crippen LogP contribution in [0.5, 0.6) is 5.75 Å². The summed E-state index contributed by atoms with van der Waals surface area (Å²) in [6, 6.07) is 9.19. The first-order valence-electron chi connectivity index (χ1n) is 11.1. The van der Waals surface area contributed by atoms with Gasteiger partial charge in [0.15, 0.2) is 0 Å². The van der Waals surface area contributed by atoms with Crippen LogP contribution in [0, 0.1) is 5.82 Å². The lowest BCUT2D eigenvalue weighted by Crippen LogP contribution is -2.39. The number of halogens is 1. The molecule has 2 aromatic carbocycles. The molecule has 0 spiro atoms. The molecule has 176 valence electrons. The Morgan fingerprint density at radius 2 is 2.03 bits per heavy atom. The zero-order chi connectivity index (χ0) is 23.8. The number of benzene rings is 2. The lowest BCUT2D eigenvalue weighted by Gasteiger charge is -2.18. The Bertz CT molecular complexity index is 1110. The fourth-order valence-corrected chi connectivity index (χ4v) is 3.64. The molecule has 0 saturated carbocycles. The second kappa shape index (κ2) is 11.5. The molecule has 1 unspecified atom stereocenters. The molecule has 1 atom stereocenters. The maximum absolute atomic E-state index is 13.7. The van der Waals surface area contributed by atoms with E-state index in [-0.39, 0.29) is 24.2 Å². The monoisotopic (exact) mass is 455 g/mol. The van der Waals surface area contributed by atoms with Gasteiger partial charge in [-0.3, -0.25) is 9.59 Å². The molecule has 7 nitrogen and oxygen atoms in total. The third kappa shape index (κ3) is 6.32. The Labute approximate surface area is 192 Å². The van der Waals surface area contributed by atoms with Crippen molar-refractivity contribution in [2.24, 2.45) is 0 Å². The number of aliphatic hydroxyl groups excluding tert-OH is 1. The van der Waals surface area contributed by atoms with E-state index in [0.29, 0.717) is 42.6 Å². The van der Waals surface area contributed by atoms with Crippen molar-refractivity contribution in [1.29, 1.82) is 0 Å². The summed E-state index contributed by atoms with van der Waals surface area (Å²) in [7, 11) is 1.58. The highest BCUT2D eigenvalue weighted by molar-refractivity contribution is 5.97. The topological polar surface area (TPSA) is 103 Å². The van der Waals surface area contributed by atoms with E-state index >= 15 is 0 Å². The summed E-state index contributed by atoms with van der Waals surface area (Å²) in [5, 5.41) is 16.1. The third-order valence-electron chi connectivity index (χ3n) is 5.42. The van der Waals surface area contributed by atoms with E-state index in [1.165, 1.54) is 12.1 Å². The Morgan fingerprint density at radius 1 is 1.21 bits per heavy atom. The summed E-state index contributed by atoms with van der Waals surface area (Å²) in [6.07, 6.45) is 3.67. The maximum atomic E-state index is 13.7. The molecule has 0 bridgehead atoms. The smallest absolute Gasteiger partial charge is 0.255 e. The summed E-state index contributed by atoms with van der Waals surface area (Å²) < 4.78 is 19.4. The second-order valence-corrected chi connectivity index (χ2v) is 7.91. The third-order valence-corrected chi connectivity index (χ3v) is 5.42. The van der Waals surface area contributed by atoms with Crippen LogP contribution < -0.4 is 15.4 Å². The number of carbonyl (C=O) groups is 2. The van der Waals surface area contributed by atoms with E-state index in [1.54, 1.807) is 31.4 Å². The van der Waals surface area contributed by atoms with E-state index in [4.69, 9.17) is 4.74 Å². The maximum Gasteiger partial charge on any atom is 0.255 e. The summed E-state index contributed by atoms with van der Waals surface area (Å²) in [5.41, 5.74) is 2.76. The molecule has 4 N–H and O–H groups in total. The minimum Gasteiger partial charge on any atom is -0.493 e. The van der Waals surface area contributed by atoms with Crippen molar-refractivity contribution >= 4 is 22.7 Å². The summed E-state index contributed by atoms with van der Waals surface area (Å²) >= 11 is 0. The van der Waals surface area contributed by atoms with Gasteiger partial charge in [0.05, 0.1) is 24.8 Å². The average molecular weight is 456 g/mol. The minimum atomic E-state index is -0.576. The van der Waals surface area contributed by atoms with Crippen molar-refractivity contribution in [3.63, 3.8) is 0 Å². The predicted octanol–water partition coefficient (Wildman–Crippen LogP) is 3.11. The molecule has 0 aliphatic rings. The quantitative estimate of drug-likeness (QED) is 0.357. The molecule has 33 heavy (non-hydrogen) atoms. The molecule has 0 radical (unpaired) electrons. The molecule has 1 heterocycles. The number of fused-ring (bicyclic) bond motifs is 1. The van der Waals surface area contributed by atoms with Gasteiger partial charge in [0.2, 0.25) is 5.91 Å². The largest absolute Gasteiger partial charge is 0.493 e. The highest BCUT2D eigenvalue weighted by Gasteiger charge is 2.19. The van der Waals surface area contributed by atoms with Gasteiger partial charge in [-0.15, -0.1) is 0 Å². The lowest BCUT2D eigenvalue weighted by molar-refractivity contribution is -0.120. The molecule has 3 rings (SSSR count). The minimum absolute atomic E-state index is 0.0807. The first-order valence-corrected chi connectivity index (χ1v) is 11.1. The summed E-state index contributed by atoms with van der Waals surface area (Å²) in [6.45, 7) is 2.15. The molecule has 0 aliphatic heterocycles. The normalized spacial score (nSPS) is 11.9. The van der Waals surface area contributed by atoms with Crippen molar-refractivity contribution < 1.29 is 23.8 Å². The number of ether oxygens (including phenoxy) is 1. The number of aryl methyl sites for hydroxylation is 1. The molecule has 0 aliphatic carbocycles. The summed E-state index contributed by atoms with van der Waals surface area (Å²) in [4.78, 5) is 27.8. The SMILES string of the molecule is CCCOc1ccc(CCC(=O)NC)cc1C(=O)NC(CO)Cc1c[nH]c2ccc(F)cc12. The van der Waals surface area contributed by atoms with Crippen LogP contribution in [0.2, 0.25) is 0 Å². The van der Waals surface area contributed by atoms with Crippen LogP contribution in [-0.2, 0) is 17.6 Å². The van der Waals surface area contributed by atoms with E-state index in [0.717, 1.165) is 23.1 Å². The standard InChI is InChI=1S/C25H30FN3O4/c1-3-10-33-23-8-4-16(5-9-24(31)27-2)11-21(23)25(32)29-19(15-30)12-17-14-28-22-7-6-18(26)13-20(17)22/h4,6-8,11,13-14,19,28,30H,3,5,9-10,12,15H2,1-2H3,(H,27,31)(H,29,32). The van der Waals surface area contributed by atoms with Gasteiger partial charge in [-0.25, -0.2) is 4.39 Å². The lowest BCUT2D eigenvalue weighted by atomic mass is 10.0. The van der Waals surface area contributed by atoms with Gasteiger partial charge in [-0.1, -0.05) is 13.0 Å². The van der Waals surface area contributed by atoms with Crippen molar-refractivity contribution in [2.45, 2.75) is 38.6 Å². The number of aliphatic hydroxyl groups is 1. The fraction of sp³-hybridized carbons (Fsp3) is 0.360. The highest BCUT2D eigenvalue weighted by Crippen LogP contribution is 2.23. The summed E-state index contributed by atoms with van der Waals surface area (Å²) in [5.74, 6) is -0.362. The van der Waals surface area contributed by atoms with Gasteiger partial charge in [-0.05, 0) is 60.7 Å². The number of H-pyrrole nitrogens is 1. The van der Waals surface area contributed by atoms with E-state index in [1.807, 2.05) is 13.0 Å². The number of carbonyl (C=O) groups excluding carboxylic acids is 2. The zero-order valence-corrected chi connectivity index (χ0v) is 18.9. The number of hydrogen-bond donors (Lipinski definition) is 4. The van der Waals surface area contributed by atoms with Crippen molar-refractivity contribution in [1.82, 2.24) is 15.6 Å². The van der Waals surface area contributed by atoms with E-state index < -0.39 is 6.04 Å². The predicted molar refractivity (Wildman–Crippen MR) is 125 cm³/mol. The Kier molecular flexibility index (Phi) is 8.43. The number of hydrogen-bond acceptors (Lipinski definition) is 4. The van der Waals surface area contributed by atoms with Gasteiger partial charge in [0, 0.05) is 30.6 Å². The fourth-order valence-electron chi connectivity index (χ4n) is 3.64. The number of nitrogens with one attached hydrogen (secondary N) is 3. The molecule has 8 heteroatoms. The first kappa shape index (κ1) is 24.3. The molecule has 1 aromatic heterocycles. The van der Waals surface area contributed by atoms with Gasteiger partial charge >= 0.3 is 0 Å². The van der Waals surface area contributed by atoms with Crippen LogP contribution in [0.25, 0.3) is 10.9 Å². The van der Waals surface area contributed by atoms with Crippen molar-refractivity contribution in [2.75, 3.05) is 20.3 Å². The first-order chi connectivity index (χ1) is 15.9. The second-order valence-electron chi connectivity index (χ2n) is 7.91. The van der Waals surface area contributed by atoms with Gasteiger partial charge in [0.1, 0.15) is 11.6 Å². The molecule has 3 aromatic rings. The van der Waals surface area contributed by atoms with Crippen LogP contribution >= 0.6 is 0 Å². The number of amides is 2.